The summed E-state index contributed by atoms with van der Waals surface area (Å²) in [4.78, 5) is 26.0. The van der Waals surface area contributed by atoms with Gasteiger partial charge in [0, 0.05) is 15.7 Å². The second kappa shape index (κ2) is 8.97. The molecule has 0 bridgehead atoms. The van der Waals surface area contributed by atoms with Crippen molar-refractivity contribution in [3.05, 3.63) is 122 Å². The van der Waals surface area contributed by atoms with Crippen molar-refractivity contribution in [2.24, 2.45) is 5.10 Å². The van der Waals surface area contributed by atoms with E-state index < -0.39 is 0 Å². The van der Waals surface area contributed by atoms with Crippen LogP contribution in [-0.2, 0) is 0 Å². The van der Waals surface area contributed by atoms with E-state index in [2.05, 4.69) is 31.6 Å². The minimum absolute atomic E-state index is 0.249. The third-order valence-corrected chi connectivity index (χ3v) is 5.45. The van der Waals surface area contributed by atoms with E-state index in [-0.39, 0.29) is 11.5 Å². The molecule has 7 heteroatoms. The Balaban J connectivity index is 1.80. The molecule has 0 atom stereocenters. The number of carbonyl (C=O) groups is 1. The zero-order chi connectivity index (χ0) is 21.8. The molecule has 6 nitrogen and oxygen atoms in total. The Labute approximate surface area is 187 Å². The number of hydrogen-bond donors (Lipinski definition) is 2. The van der Waals surface area contributed by atoms with Crippen LogP contribution in [0.15, 0.2) is 99.3 Å². The van der Waals surface area contributed by atoms with Crippen molar-refractivity contribution in [2.45, 2.75) is 6.92 Å². The molecular weight excluding hydrogens is 456 g/mol. The lowest BCUT2D eigenvalue weighted by Crippen LogP contribution is -2.25. The van der Waals surface area contributed by atoms with E-state index in [1.165, 1.54) is 4.68 Å². The van der Waals surface area contributed by atoms with E-state index >= 15 is 0 Å². The van der Waals surface area contributed by atoms with Gasteiger partial charge in [-0.2, -0.15) is 5.10 Å². The highest BCUT2D eigenvalue weighted by Crippen LogP contribution is 2.16. The van der Waals surface area contributed by atoms with E-state index in [9.17, 15) is 9.59 Å². The van der Waals surface area contributed by atoms with Crippen LogP contribution in [0.2, 0.25) is 0 Å². The molecule has 31 heavy (non-hydrogen) atoms. The van der Waals surface area contributed by atoms with Gasteiger partial charge in [-0.25, -0.2) is 10.1 Å². The predicted octanol–water partition coefficient (Wildman–Crippen LogP) is 4.42. The van der Waals surface area contributed by atoms with Crippen molar-refractivity contribution in [1.29, 1.82) is 0 Å². The zero-order valence-corrected chi connectivity index (χ0v) is 18.3. The highest BCUT2D eigenvalue weighted by molar-refractivity contribution is 9.10. The topological polar surface area (TPSA) is 79.2 Å². The minimum Gasteiger partial charge on any atom is -0.295 e. The number of hydrogen-bond acceptors (Lipinski definition) is 3. The smallest absolute Gasteiger partial charge is 0.281 e. The first kappa shape index (κ1) is 20.6. The predicted molar refractivity (Wildman–Crippen MR) is 125 cm³/mol. The van der Waals surface area contributed by atoms with Gasteiger partial charge < -0.3 is 0 Å². The molecule has 154 valence electrons. The van der Waals surface area contributed by atoms with Gasteiger partial charge in [0.05, 0.1) is 16.8 Å². The van der Waals surface area contributed by atoms with Crippen molar-refractivity contribution < 1.29 is 4.79 Å². The number of benzene rings is 3. The van der Waals surface area contributed by atoms with Crippen molar-refractivity contribution in [3.63, 3.8) is 0 Å². The Morgan fingerprint density at radius 3 is 2.23 bits per heavy atom. The van der Waals surface area contributed by atoms with E-state index in [1.54, 1.807) is 18.2 Å². The SMILES string of the molecule is Cc1[nH]n(-c2ccccc2)c(=O)c1/C(=N\NC(=O)c1ccccc1Br)c1ccccc1. The highest BCUT2D eigenvalue weighted by Gasteiger charge is 2.20. The van der Waals surface area contributed by atoms with Gasteiger partial charge in [0.2, 0.25) is 0 Å². The van der Waals surface area contributed by atoms with Gasteiger partial charge in [-0.05, 0) is 47.1 Å². The number of aryl methyl sites for hydroxylation is 1. The fraction of sp³-hybridized carbons (Fsp3) is 0.0417. The second-order valence-electron chi connectivity index (χ2n) is 6.84. The minimum atomic E-state index is -0.377. The molecule has 0 saturated carbocycles. The van der Waals surface area contributed by atoms with Crippen LogP contribution in [-0.4, -0.2) is 21.4 Å². The first-order valence-corrected chi connectivity index (χ1v) is 10.4. The average Bonchev–Trinajstić information content (AvgIpc) is 3.09. The molecule has 0 saturated heterocycles. The lowest BCUT2D eigenvalue weighted by atomic mass is 10.0. The van der Waals surface area contributed by atoms with Crippen molar-refractivity contribution >= 4 is 27.5 Å². The number of aromatic amines is 1. The fourth-order valence-electron chi connectivity index (χ4n) is 3.26. The zero-order valence-electron chi connectivity index (χ0n) is 16.7. The highest BCUT2D eigenvalue weighted by atomic mass is 79.9. The molecule has 4 rings (SSSR count). The number of amides is 1. The summed E-state index contributed by atoms with van der Waals surface area (Å²) in [7, 11) is 0. The maximum Gasteiger partial charge on any atom is 0.281 e. The van der Waals surface area contributed by atoms with Crippen LogP contribution in [0, 0.1) is 6.92 Å². The van der Waals surface area contributed by atoms with Gasteiger partial charge in [0.25, 0.3) is 11.5 Å². The summed E-state index contributed by atoms with van der Waals surface area (Å²) in [5.41, 5.74) is 5.65. The Kier molecular flexibility index (Phi) is 5.95. The van der Waals surface area contributed by atoms with Crippen LogP contribution < -0.4 is 11.0 Å². The average molecular weight is 475 g/mol. The Bertz CT molecular complexity index is 1310. The number of hydrazone groups is 1. The van der Waals surface area contributed by atoms with Gasteiger partial charge >= 0.3 is 0 Å². The Morgan fingerprint density at radius 1 is 0.935 bits per heavy atom. The summed E-state index contributed by atoms with van der Waals surface area (Å²) >= 11 is 3.38. The quantitative estimate of drug-likeness (QED) is 0.331. The van der Waals surface area contributed by atoms with Gasteiger partial charge in [0.15, 0.2) is 0 Å². The number of nitrogens with zero attached hydrogens (tertiary/aromatic N) is 2. The van der Waals surface area contributed by atoms with Crippen LogP contribution >= 0.6 is 15.9 Å². The summed E-state index contributed by atoms with van der Waals surface area (Å²) < 4.78 is 2.13. The molecular formula is C24H19BrN4O2. The van der Waals surface area contributed by atoms with E-state index in [0.717, 1.165) is 0 Å². The molecule has 0 radical (unpaired) electrons. The number of rotatable bonds is 5. The number of H-pyrrole nitrogens is 1. The van der Waals surface area contributed by atoms with Crippen LogP contribution in [0.25, 0.3) is 5.69 Å². The number of carbonyl (C=O) groups excluding carboxylic acids is 1. The van der Waals surface area contributed by atoms with Crippen LogP contribution in [0.3, 0.4) is 0 Å². The molecule has 0 aliphatic carbocycles. The van der Waals surface area contributed by atoms with Gasteiger partial charge in [-0.3, -0.25) is 14.7 Å². The fourth-order valence-corrected chi connectivity index (χ4v) is 3.72. The first-order valence-electron chi connectivity index (χ1n) is 9.61. The number of aromatic nitrogens is 2. The molecule has 0 unspecified atom stereocenters. The first-order chi connectivity index (χ1) is 15.1. The van der Waals surface area contributed by atoms with E-state index in [0.29, 0.717) is 38.3 Å². The van der Waals surface area contributed by atoms with E-state index in [4.69, 9.17) is 0 Å². The molecule has 0 aliphatic rings. The third kappa shape index (κ3) is 4.27. The number of nitrogens with one attached hydrogen (secondary N) is 2. The Hall–Kier alpha value is -3.71. The van der Waals surface area contributed by atoms with Gasteiger partial charge in [-0.15, -0.1) is 0 Å². The second-order valence-corrected chi connectivity index (χ2v) is 7.69. The molecule has 2 N–H and O–H groups in total. The lowest BCUT2D eigenvalue weighted by molar-refractivity contribution is 0.0954. The summed E-state index contributed by atoms with van der Waals surface area (Å²) in [5, 5.41) is 7.48. The summed E-state index contributed by atoms with van der Waals surface area (Å²) in [5.74, 6) is -0.377. The van der Waals surface area contributed by atoms with Crippen molar-refractivity contribution in [2.75, 3.05) is 0 Å². The summed E-state index contributed by atoms with van der Waals surface area (Å²) in [6.45, 7) is 1.81. The third-order valence-electron chi connectivity index (χ3n) is 4.76. The normalized spacial score (nSPS) is 11.4. The molecule has 1 aromatic heterocycles. The molecule has 1 amide bonds. The van der Waals surface area contributed by atoms with E-state index in [1.807, 2.05) is 73.7 Å². The maximum absolute atomic E-state index is 13.3. The number of para-hydroxylation sites is 1. The molecule has 0 fully saturated rings. The molecule has 0 spiro atoms. The largest absolute Gasteiger partial charge is 0.295 e. The lowest BCUT2D eigenvalue weighted by Gasteiger charge is -2.07. The van der Waals surface area contributed by atoms with Gasteiger partial charge in [0.1, 0.15) is 5.71 Å². The summed E-state index contributed by atoms with van der Waals surface area (Å²) in [6, 6.07) is 25.7. The monoisotopic (exact) mass is 474 g/mol. The van der Waals surface area contributed by atoms with Crippen LogP contribution in [0.1, 0.15) is 27.2 Å². The van der Waals surface area contributed by atoms with Gasteiger partial charge in [-0.1, -0.05) is 60.7 Å². The maximum atomic E-state index is 13.3. The standard InChI is InChI=1S/C24H19BrN4O2/c1-16-21(24(31)29(28-16)18-12-6-3-7-13-18)22(17-10-4-2-5-11-17)26-27-23(30)19-14-8-9-15-20(19)25/h2-15,28H,1H3,(H,27,30)/b26-22-. The Morgan fingerprint density at radius 2 is 1.55 bits per heavy atom. The molecule has 3 aromatic carbocycles. The van der Waals surface area contributed by atoms with Crippen molar-refractivity contribution in [1.82, 2.24) is 15.2 Å². The number of halogens is 1. The molecule has 1 heterocycles. The van der Waals surface area contributed by atoms with Crippen molar-refractivity contribution in [3.8, 4) is 5.69 Å². The molecule has 4 aromatic rings. The van der Waals surface area contributed by atoms with Crippen LogP contribution in [0.4, 0.5) is 0 Å². The molecule has 0 aliphatic heterocycles. The van der Waals surface area contributed by atoms with Crippen LogP contribution in [0.5, 0.6) is 0 Å². The summed E-state index contributed by atoms with van der Waals surface area (Å²) in [6.07, 6.45) is 0.